The molecule has 32 heavy (non-hydrogen) atoms. The van der Waals surface area contributed by atoms with Gasteiger partial charge in [0.2, 0.25) is 20.0 Å². The molecule has 1 aliphatic heterocycles. The zero-order chi connectivity index (χ0) is 23.9. The minimum atomic E-state index is -4.32. The third-order valence-electron chi connectivity index (χ3n) is 5.58. The van der Waals surface area contributed by atoms with Crippen molar-refractivity contribution in [3.05, 3.63) is 46.5 Å². The van der Waals surface area contributed by atoms with Crippen LogP contribution >= 0.6 is 0 Å². The summed E-state index contributed by atoms with van der Waals surface area (Å²) in [7, 11) is -8.07. The van der Waals surface area contributed by atoms with E-state index in [1.165, 1.54) is 22.5 Å². The molecule has 0 aliphatic carbocycles. The average Bonchev–Trinajstić information content (AvgIpc) is 2.79. The van der Waals surface area contributed by atoms with Crippen LogP contribution in [0, 0.1) is 16.0 Å². The number of sulfonamides is 2. The smallest absolute Gasteiger partial charge is 0.258 e. The van der Waals surface area contributed by atoms with Gasteiger partial charge in [0.1, 0.15) is 0 Å². The summed E-state index contributed by atoms with van der Waals surface area (Å²) in [6.07, 6.45) is 7.02. The number of nitro groups is 1. The summed E-state index contributed by atoms with van der Waals surface area (Å²) < 4.78 is 56.0. The summed E-state index contributed by atoms with van der Waals surface area (Å²) in [5.74, 6) is -0.698. The standard InChI is InChI=1S/C21H33N3O6S2/c1-4-5-6-9-14-22-15-10-11-16-23(20(18(2)3)17-31(22,27)28)32(29,30)21-13-8-7-12-19(21)24(25)26/h7-8,10-13,18,20H,4-6,9,14-17H2,1-3H3/b11-10-. The lowest BCUT2D eigenvalue weighted by molar-refractivity contribution is -0.387. The Labute approximate surface area is 191 Å². The normalized spacial score (nSPS) is 21.6. The van der Waals surface area contributed by atoms with Gasteiger partial charge in [-0.1, -0.05) is 64.3 Å². The Morgan fingerprint density at radius 1 is 1.12 bits per heavy atom. The van der Waals surface area contributed by atoms with Crippen molar-refractivity contribution >= 4 is 25.7 Å². The second-order valence-corrected chi connectivity index (χ2v) is 12.2. The van der Waals surface area contributed by atoms with Crippen LogP contribution in [0.2, 0.25) is 0 Å². The first-order valence-corrected chi connectivity index (χ1v) is 14.0. The Morgan fingerprint density at radius 3 is 2.41 bits per heavy atom. The van der Waals surface area contributed by atoms with Crippen molar-refractivity contribution in [2.75, 3.05) is 25.4 Å². The van der Waals surface area contributed by atoms with E-state index in [2.05, 4.69) is 6.92 Å². The molecule has 0 bridgehead atoms. The lowest BCUT2D eigenvalue weighted by Gasteiger charge is -2.33. The van der Waals surface area contributed by atoms with Gasteiger partial charge >= 0.3 is 0 Å². The Kier molecular flexibility index (Phi) is 9.38. The molecule has 0 spiro atoms. The topological polar surface area (TPSA) is 118 Å². The summed E-state index contributed by atoms with van der Waals surface area (Å²) in [6, 6.07) is 4.28. The molecule has 1 heterocycles. The third kappa shape index (κ3) is 6.37. The van der Waals surface area contributed by atoms with E-state index in [1.807, 2.05) is 0 Å². The van der Waals surface area contributed by atoms with Crippen LogP contribution in [-0.4, -0.2) is 61.8 Å². The van der Waals surface area contributed by atoms with Crippen molar-refractivity contribution in [1.29, 1.82) is 0 Å². The molecule has 1 aromatic rings. The van der Waals surface area contributed by atoms with E-state index in [-0.39, 0.29) is 24.8 Å². The Hall–Kier alpha value is -1.82. The SMILES string of the molecule is CCCCCCN1C/C=C\CN(S(=O)(=O)c2ccccc2[N+](=O)[O-])C(C(C)C)CS1(=O)=O. The molecule has 1 aliphatic rings. The summed E-state index contributed by atoms with van der Waals surface area (Å²) in [4.78, 5) is 10.3. The Balaban J connectivity index is 2.45. The first-order chi connectivity index (χ1) is 15.0. The largest absolute Gasteiger partial charge is 0.289 e. The van der Waals surface area contributed by atoms with Crippen LogP contribution in [0.4, 0.5) is 5.69 Å². The number of para-hydroxylation sites is 1. The number of hydrogen-bond acceptors (Lipinski definition) is 6. The fraction of sp³-hybridized carbons (Fsp3) is 0.619. The first-order valence-electron chi connectivity index (χ1n) is 10.9. The van der Waals surface area contributed by atoms with Crippen LogP contribution in [0.25, 0.3) is 0 Å². The Morgan fingerprint density at radius 2 is 1.78 bits per heavy atom. The van der Waals surface area contributed by atoms with Gasteiger partial charge in [-0.25, -0.2) is 16.8 Å². The fourth-order valence-electron chi connectivity index (χ4n) is 3.72. The van der Waals surface area contributed by atoms with Gasteiger partial charge in [-0.2, -0.15) is 8.61 Å². The quantitative estimate of drug-likeness (QED) is 0.228. The number of benzene rings is 1. The summed E-state index contributed by atoms with van der Waals surface area (Å²) in [5, 5.41) is 11.4. The molecule has 0 N–H and O–H groups in total. The molecule has 9 nitrogen and oxygen atoms in total. The number of unbranched alkanes of at least 4 members (excludes halogenated alkanes) is 3. The molecule has 1 unspecified atom stereocenters. The molecule has 0 amide bonds. The van der Waals surface area contributed by atoms with Gasteiger partial charge in [-0.15, -0.1) is 0 Å². The first kappa shape index (κ1) is 26.4. The van der Waals surface area contributed by atoms with Crippen molar-refractivity contribution in [2.24, 2.45) is 5.92 Å². The molecular weight excluding hydrogens is 454 g/mol. The van der Waals surface area contributed by atoms with E-state index in [1.54, 1.807) is 26.0 Å². The maximum absolute atomic E-state index is 13.5. The minimum absolute atomic E-state index is 0.0591. The van der Waals surface area contributed by atoms with Gasteiger partial charge in [0, 0.05) is 31.7 Å². The van der Waals surface area contributed by atoms with E-state index in [4.69, 9.17) is 0 Å². The maximum Gasteiger partial charge on any atom is 0.289 e. The highest BCUT2D eigenvalue weighted by Gasteiger charge is 2.40. The highest BCUT2D eigenvalue weighted by atomic mass is 32.2. The molecular formula is C21H33N3O6S2. The third-order valence-corrected chi connectivity index (χ3v) is 9.40. The Bertz CT molecular complexity index is 1020. The number of rotatable bonds is 9. The van der Waals surface area contributed by atoms with E-state index < -0.39 is 41.6 Å². The van der Waals surface area contributed by atoms with Gasteiger partial charge in [-0.3, -0.25) is 10.1 Å². The van der Waals surface area contributed by atoms with E-state index >= 15 is 0 Å². The van der Waals surface area contributed by atoms with Crippen LogP contribution < -0.4 is 0 Å². The van der Waals surface area contributed by atoms with Crippen molar-refractivity contribution in [1.82, 2.24) is 8.61 Å². The van der Waals surface area contributed by atoms with Gasteiger partial charge in [-0.05, 0) is 18.4 Å². The summed E-state index contributed by atoms with van der Waals surface area (Å²) in [5.41, 5.74) is -0.528. The van der Waals surface area contributed by atoms with E-state index in [0.717, 1.165) is 36.1 Å². The zero-order valence-corrected chi connectivity index (χ0v) is 20.5. The monoisotopic (exact) mass is 487 g/mol. The van der Waals surface area contributed by atoms with Crippen molar-refractivity contribution < 1.29 is 21.8 Å². The number of nitrogens with zero attached hydrogens (tertiary/aromatic N) is 3. The molecule has 0 fully saturated rings. The van der Waals surface area contributed by atoms with Gasteiger partial charge in [0.25, 0.3) is 5.69 Å². The molecule has 0 saturated heterocycles. The second-order valence-electron chi connectivity index (χ2n) is 8.28. The van der Waals surface area contributed by atoms with Gasteiger partial charge < -0.3 is 0 Å². The van der Waals surface area contributed by atoms with Crippen LogP contribution in [0.1, 0.15) is 46.5 Å². The van der Waals surface area contributed by atoms with E-state index in [0.29, 0.717) is 6.54 Å². The van der Waals surface area contributed by atoms with Gasteiger partial charge in [0.05, 0.1) is 10.7 Å². The lowest BCUT2D eigenvalue weighted by Crippen LogP contribution is -2.49. The molecule has 1 aromatic carbocycles. The highest BCUT2D eigenvalue weighted by Crippen LogP contribution is 2.30. The van der Waals surface area contributed by atoms with Gasteiger partial charge in [0.15, 0.2) is 4.90 Å². The predicted molar refractivity (Wildman–Crippen MR) is 124 cm³/mol. The average molecular weight is 488 g/mol. The van der Waals surface area contributed by atoms with Crippen LogP contribution in [0.5, 0.6) is 0 Å². The van der Waals surface area contributed by atoms with Crippen molar-refractivity contribution in [3.8, 4) is 0 Å². The van der Waals surface area contributed by atoms with Crippen LogP contribution in [0.15, 0.2) is 41.3 Å². The number of hydrogen-bond donors (Lipinski definition) is 0. The lowest BCUT2D eigenvalue weighted by atomic mass is 10.1. The van der Waals surface area contributed by atoms with Crippen molar-refractivity contribution in [3.63, 3.8) is 0 Å². The predicted octanol–water partition coefficient (Wildman–Crippen LogP) is 3.39. The molecule has 1 atom stereocenters. The fourth-order valence-corrected chi connectivity index (χ4v) is 7.61. The highest BCUT2D eigenvalue weighted by molar-refractivity contribution is 7.90. The van der Waals surface area contributed by atoms with E-state index in [9.17, 15) is 26.9 Å². The molecule has 11 heteroatoms. The summed E-state index contributed by atoms with van der Waals surface area (Å²) >= 11 is 0. The summed E-state index contributed by atoms with van der Waals surface area (Å²) in [6.45, 7) is 6.10. The van der Waals surface area contributed by atoms with Crippen LogP contribution in [-0.2, 0) is 20.0 Å². The second kappa shape index (κ2) is 11.4. The molecule has 0 aromatic heterocycles. The van der Waals surface area contributed by atoms with Crippen LogP contribution in [0.3, 0.4) is 0 Å². The molecule has 0 saturated carbocycles. The maximum atomic E-state index is 13.5. The van der Waals surface area contributed by atoms with Crippen molar-refractivity contribution in [2.45, 2.75) is 57.4 Å². The molecule has 2 rings (SSSR count). The minimum Gasteiger partial charge on any atom is -0.258 e. The zero-order valence-electron chi connectivity index (χ0n) is 18.9. The molecule has 180 valence electrons. The number of nitro benzene ring substituents is 1. The molecule has 0 radical (unpaired) electrons.